The lowest BCUT2D eigenvalue weighted by atomic mass is 9.87. The van der Waals surface area contributed by atoms with Crippen LogP contribution in [0.4, 0.5) is 0 Å². The maximum absolute atomic E-state index is 9.54. The van der Waals surface area contributed by atoms with Crippen LogP contribution in [0.1, 0.15) is 52.4 Å². The summed E-state index contributed by atoms with van der Waals surface area (Å²) in [6.07, 6.45) is 7.95. The van der Waals surface area contributed by atoms with E-state index in [2.05, 4.69) is 23.6 Å². The first-order valence-electron chi connectivity index (χ1n) is 8.24. The molecule has 112 valence electrons. The Balaban J connectivity index is 1.75. The van der Waals surface area contributed by atoms with Crippen LogP contribution >= 0.6 is 0 Å². The van der Waals surface area contributed by atoms with Crippen molar-refractivity contribution in [3.05, 3.63) is 0 Å². The van der Waals surface area contributed by atoms with E-state index in [1.54, 1.807) is 0 Å². The molecule has 1 N–H and O–H groups in total. The minimum Gasteiger partial charge on any atom is -0.396 e. The summed E-state index contributed by atoms with van der Waals surface area (Å²) in [4.78, 5) is 5.30. The lowest BCUT2D eigenvalue weighted by Crippen LogP contribution is -2.49. The highest BCUT2D eigenvalue weighted by Crippen LogP contribution is 2.26. The molecule has 0 bridgehead atoms. The van der Waals surface area contributed by atoms with Gasteiger partial charge in [-0.1, -0.05) is 20.3 Å². The largest absolute Gasteiger partial charge is 0.396 e. The number of aliphatic hydroxyl groups excluding tert-OH is 1. The molecule has 0 amide bonds. The van der Waals surface area contributed by atoms with Gasteiger partial charge < -0.3 is 14.9 Å². The molecule has 0 aromatic rings. The molecule has 2 aliphatic heterocycles. The van der Waals surface area contributed by atoms with Crippen molar-refractivity contribution in [1.82, 2.24) is 9.80 Å². The SMILES string of the molecule is CCC(C)(CO)CN1CCC(N2CCCCC2)CC1. The number of hydrogen-bond donors (Lipinski definition) is 1. The van der Waals surface area contributed by atoms with Crippen molar-refractivity contribution in [2.75, 3.05) is 39.3 Å². The van der Waals surface area contributed by atoms with Gasteiger partial charge in [-0.3, -0.25) is 0 Å². The van der Waals surface area contributed by atoms with Crippen LogP contribution in [-0.4, -0.2) is 60.3 Å². The molecule has 2 rings (SSSR count). The zero-order chi connectivity index (χ0) is 13.7. The summed E-state index contributed by atoms with van der Waals surface area (Å²) < 4.78 is 0. The smallest absolute Gasteiger partial charge is 0.0496 e. The van der Waals surface area contributed by atoms with E-state index >= 15 is 0 Å². The normalized spacial score (nSPS) is 27.3. The zero-order valence-electron chi connectivity index (χ0n) is 12.9. The third kappa shape index (κ3) is 4.17. The van der Waals surface area contributed by atoms with Crippen LogP contribution in [0.25, 0.3) is 0 Å². The Hall–Kier alpha value is -0.120. The van der Waals surface area contributed by atoms with Crippen LogP contribution in [0.5, 0.6) is 0 Å². The molecule has 1 unspecified atom stereocenters. The fourth-order valence-corrected chi connectivity index (χ4v) is 3.54. The number of aliphatic hydroxyl groups is 1. The van der Waals surface area contributed by atoms with Gasteiger partial charge in [-0.25, -0.2) is 0 Å². The minimum absolute atomic E-state index is 0.0952. The van der Waals surface area contributed by atoms with Gasteiger partial charge in [-0.15, -0.1) is 0 Å². The van der Waals surface area contributed by atoms with Crippen LogP contribution in [0.2, 0.25) is 0 Å². The van der Waals surface area contributed by atoms with Crippen LogP contribution in [0, 0.1) is 5.41 Å². The maximum atomic E-state index is 9.54. The summed E-state index contributed by atoms with van der Waals surface area (Å²) in [6.45, 7) is 10.9. The molecule has 2 saturated heterocycles. The van der Waals surface area contributed by atoms with Crippen LogP contribution in [0.15, 0.2) is 0 Å². The highest BCUT2D eigenvalue weighted by atomic mass is 16.3. The molecule has 0 saturated carbocycles. The van der Waals surface area contributed by atoms with Gasteiger partial charge in [-0.2, -0.15) is 0 Å². The van der Waals surface area contributed by atoms with Crippen molar-refractivity contribution in [3.63, 3.8) is 0 Å². The Bertz CT molecular complexity index is 251. The molecular weight excluding hydrogens is 236 g/mol. The van der Waals surface area contributed by atoms with Gasteiger partial charge in [0.2, 0.25) is 0 Å². The summed E-state index contributed by atoms with van der Waals surface area (Å²) in [5.41, 5.74) is 0.0952. The summed E-state index contributed by atoms with van der Waals surface area (Å²) >= 11 is 0. The highest BCUT2D eigenvalue weighted by Gasteiger charge is 2.29. The molecule has 3 heteroatoms. The van der Waals surface area contributed by atoms with Gasteiger partial charge in [0.05, 0.1) is 0 Å². The van der Waals surface area contributed by atoms with Crippen molar-refractivity contribution in [2.45, 2.75) is 58.4 Å². The molecular formula is C16H32N2O. The predicted octanol–water partition coefficient (Wildman–Crippen LogP) is 2.35. The lowest BCUT2D eigenvalue weighted by Gasteiger charge is -2.42. The van der Waals surface area contributed by atoms with Crippen LogP contribution in [0.3, 0.4) is 0 Å². The molecule has 0 radical (unpaired) electrons. The van der Waals surface area contributed by atoms with Gasteiger partial charge in [0.1, 0.15) is 0 Å². The first-order chi connectivity index (χ1) is 9.17. The third-order valence-electron chi connectivity index (χ3n) is 5.30. The molecule has 0 aromatic heterocycles. The van der Waals surface area contributed by atoms with Gasteiger partial charge >= 0.3 is 0 Å². The van der Waals surface area contributed by atoms with Crippen LogP contribution in [-0.2, 0) is 0 Å². The van der Waals surface area contributed by atoms with E-state index in [4.69, 9.17) is 0 Å². The van der Waals surface area contributed by atoms with Crippen molar-refractivity contribution in [3.8, 4) is 0 Å². The van der Waals surface area contributed by atoms with E-state index in [9.17, 15) is 5.11 Å². The Morgan fingerprint density at radius 1 is 1.05 bits per heavy atom. The van der Waals surface area contributed by atoms with E-state index in [0.717, 1.165) is 19.0 Å². The molecule has 3 nitrogen and oxygen atoms in total. The second-order valence-corrected chi connectivity index (χ2v) is 6.93. The highest BCUT2D eigenvalue weighted by molar-refractivity contribution is 4.84. The molecule has 0 aliphatic carbocycles. The van der Waals surface area contributed by atoms with Gasteiger partial charge in [-0.05, 0) is 58.3 Å². The fourth-order valence-electron chi connectivity index (χ4n) is 3.54. The van der Waals surface area contributed by atoms with Gasteiger partial charge in [0, 0.05) is 24.6 Å². The summed E-state index contributed by atoms with van der Waals surface area (Å²) in [6, 6.07) is 0.832. The quantitative estimate of drug-likeness (QED) is 0.829. The topological polar surface area (TPSA) is 26.7 Å². The number of hydrogen-bond acceptors (Lipinski definition) is 3. The van der Waals surface area contributed by atoms with Crippen molar-refractivity contribution in [1.29, 1.82) is 0 Å². The summed E-state index contributed by atoms with van der Waals surface area (Å²) in [5.74, 6) is 0. The summed E-state index contributed by atoms with van der Waals surface area (Å²) in [7, 11) is 0. The predicted molar refractivity (Wildman–Crippen MR) is 80.4 cm³/mol. The number of likely N-dealkylation sites (tertiary alicyclic amines) is 2. The monoisotopic (exact) mass is 268 g/mol. The molecule has 2 fully saturated rings. The Morgan fingerprint density at radius 3 is 2.21 bits per heavy atom. The standard InChI is InChI=1S/C16H32N2O/c1-3-16(2,14-19)13-17-11-7-15(8-12-17)18-9-5-4-6-10-18/h15,19H,3-14H2,1-2H3. The number of piperidine rings is 2. The van der Waals surface area contributed by atoms with Crippen molar-refractivity contribution in [2.24, 2.45) is 5.41 Å². The average Bonchev–Trinajstić information content (AvgIpc) is 2.49. The van der Waals surface area contributed by atoms with E-state index in [1.807, 2.05) is 0 Å². The third-order valence-corrected chi connectivity index (χ3v) is 5.30. The van der Waals surface area contributed by atoms with Crippen molar-refractivity contribution < 1.29 is 5.11 Å². The second kappa shape index (κ2) is 7.05. The average molecular weight is 268 g/mol. The van der Waals surface area contributed by atoms with E-state index in [1.165, 1.54) is 58.3 Å². The van der Waals surface area contributed by atoms with E-state index in [0.29, 0.717) is 6.61 Å². The van der Waals surface area contributed by atoms with Gasteiger partial charge in [0.25, 0.3) is 0 Å². The number of rotatable bonds is 5. The molecule has 19 heavy (non-hydrogen) atoms. The molecule has 0 aromatic carbocycles. The Morgan fingerprint density at radius 2 is 1.68 bits per heavy atom. The van der Waals surface area contributed by atoms with E-state index in [-0.39, 0.29) is 5.41 Å². The summed E-state index contributed by atoms with van der Waals surface area (Å²) in [5, 5.41) is 9.54. The minimum atomic E-state index is 0.0952. The lowest BCUT2D eigenvalue weighted by molar-refractivity contribution is 0.0464. The van der Waals surface area contributed by atoms with Crippen molar-refractivity contribution >= 4 is 0 Å². The second-order valence-electron chi connectivity index (χ2n) is 6.93. The maximum Gasteiger partial charge on any atom is 0.0496 e. The Kier molecular flexibility index (Phi) is 5.67. The zero-order valence-corrected chi connectivity index (χ0v) is 12.9. The van der Waals surface area contributed by atoms with Crippen LogP contribution < -0.4 is 0 Å². The Labute approximate surface area is 119 Å². The molecule has 2 heterocycles. The molecule has 1 atom stereocenters. The number of nitrogens with zero attached hydrogens (tertiary/aromatic N) is 2. The van der Waals surface area contributed by atoms with Gasteiger partial charge in [0.15, 0.2) is 0 Å². The first-order valence-corrected chi connectivity index (χ1v) is 8.24. The first kappa shape index (κ1) is 15.3. The van der Waals surface area contributed by atoms with E-state index < -0.39 is 0 Å². The molecule has 2 aliphatic rings. The fraction of sp³-hybridized carbons (Fsp3) is 1.00. The molecule has 0 spiro atoms.